The Morgan fingerprint density at radius 3 is 2.26 bits per heavy atom. The fraction of sp³-hybridized carbons (Fsp3) is 0.844. The molecule has 4 fully saturated rings. The summed E-state index contributed by atoms with van der Waals surface area (Å²) in [6.07, 6.45) is 4.69. The summed E-state index contributed by atoms with van der Waals surface area (Å²) in [4.78, 5) is 14.7. The molecule has 0 aromatic carbocycles. The van der Waals surface area contributed by atoms with E-state index in [-0.39, 0.29) is 42.4 Å². The van der Waals surface area contributed by atoms with Gasteiger partial charge in [0.25, 0.3) is 0 Å². The lowest BCUT2D eigenvalue weighted by Crippen LogP contribution is -2.69. The fourth-order valence-corrected chi connectivity index (χ4v) is 11.1. The number of carbonyl (C=O) groups is 1. The Bertz CT molecular complexity index is 1090. The predicted molar refractivity (Wildman–Crippen MR) is 148 cm³/mol. The second-order valence-electron chi connectivity index (χ2n) is 15.0. The summed E-state index contributed by atoms with van der Waals surface area (Å²) in [5.41, 5.74) is -2.24. The van der Waals surface area contributed by atoms with Gasteiger partial charge in [-0.25, -0.2) is 0 Å². The van der Waals surface area contributed by atoms with Crippen molar-refractivity contribution in [3.8, 4) is 0 Å². The molecule has 5 N–H and O–H groups in total. The quantitative estimate of drug-likeness (QED) is 0.342. The highest BCUT2D eigenvalue weighted by Gasteiger charge is 2.77. The number of fused-ring (bicyclic) bond motifs is 7. The Kier molecular flexibility index (Phi) is 6.75. The van der Waals surface area contributed by atoms with Crippen LogP contribution in [0.4, 0.5) is 0 Å². The maximum atomic E-state index is 14.7. The molecule has 39 heavy (non-hydrogen) atoms. The topological polar surface area (TPSA) is 127 Å². The minimum atomic E-state index is -1.09. The SMILES string of the molecule is CC[C@@]12C[C@H](O)[C@@H](O)C(C)(C)C1=CC[C@H]1[C@]3(C)C[C@H]4O[C@H](C=C(CO)CO)C[C@](C)(O)[C@@H]4[C@@]3(C)CC(=O)[C@]12C. The molecular formula is C32H50O7. The van der Waals surface area contributed by atoms with E-state index in [0.717, 1.165) is 5.57 Å². The highest BCUT2D eigenvalue weighted by molar-refractivity contribution is 5.89. The van der Waals surface area contributed by atoms with Crippen LogP contribution in [0.3, 0.4) is 0 Å². The number of allylic oxidation sites excluding steroid dienone is 1. The second-order valence-corrected chi connectivity index (χ2v) is 15.0. The Hall–Kier alpha value is -1.09. The van der Waals surface area contributed by atoms with Crippen LogP contribution in [0.1, 0.15) is 87.0 Å². The first-order valence-electron chi connectivity index (χ1n) is 14.9. The molecule has 11 atom stereocenters. The van der Waals surface area contributed by atoms with Gasteiger partial charge in [-0.2, -0.15) is 0 Å². The second kappa shape index (κ2) is 8.95. The third-order valence-corrected chi connectivity index (χ3v) is 13.0. The molecule has 0 radical (unpaired) electrons. The molecule has 1 heterocycles. The van der Waals surface area contributed by atoms with Gasteiger partial charge in [0.15, 0.2) is 0 Å². The van der Waals surface area contributed by atoms with Gasteiger partial charge in [-0.1, -0.05) is 59.3 Å². The first-order chi connectivity index (χ1) is 18.0. The van der Waals surface area contributed by atoms with Crippen LogP contribution in [0, 0.1) is 38.9 Å². The first-order valence-corrected chi connectivity index (χ1v) is 14.9. The van der Waals surface area contributed by atoms with Gasteiger partial charge in [-0.05, 0) is 54.9 Å². The molecular weight excluding hydrogens is 496 g/mol. The molecule has 0 unspecified atom stereocenters. The lowest BCUT2D eigenvalue weighted by Gasteiger charge is -2.69. The summed E-state index contributed by atoms with van der Waals surface area (Å²) >= 11 is 0. The summed E-state index contributed by atoms with van der Waals surface area (Å²) in [6, 6.07) is 0. The van der Waals surface area contributed by atoms with E-state index in [1.54, 1.807) is 6.08 Å². The third kappa shape index (κ3) is 3.53. The predicted octanol–water partition coefficient (Wildman–Crippen LogP) is 3.31. The fourth-order valence-electron chi connectivity index (χ4n) is 11.1. The summed E-state index contributed by atoms with van der Waals surface area (Å²) in [7, 11) is 0. The molecule has 1 aliphatic heterocycles. The van der Waals surface area contributed by atoms with Crippen LogP contribution < -0.4 is 0 Å². The van der Waals surface area contributed by atoms with Gasteiger partial charge < -0.3 is 30.3 Å². The molecule has 7 nitrogen and oxygen atoms in total. The normalized spacial score (nSPS) is 52.2. The lowest BCUT2D eigenvalue weighted by atomic mass is 9.34. The number of ether oxygens (including phenoxy) is 1. The van der Waals surface area contributed by atoms with Crippen LogP contribution in [0.5, 0.6) is 0 Å². The molecule has 0 bridgehead atoms. The highest BCUT2D eigenvalue weighted by Crippen LogP contribution is 2.78. The van der Waals surface area contributed by atoms with Gasteiger partial charge in [0.05, 0.1) is 43.2 Å². The van der Waals surface area contributed by atoms with Crippen molar-refractivity contribution in [2.24, 2.45) is 38.9 Å². The van der Waals surface area contributed by atoms with Crippen LogP contribution in [0.25, 0.3) is 0 Å². The molecule has 7 heteroatoms. The standard InChI is InChI=1S/C32H50O7/c1-8-32-13-20(35)26(37)27(2,3)22(32)9-10-23-28(4)14-21-25(29(28,5)15-24(36)31(23,32)7)30(6,38)12-19(39-21)11-18(16-33)17-34/h9,11,19-21,23,25-26,33-35,37-38H,8,10,12-17H2,1-7H3/t19-,20+,21-,23+,25+,26-,28+,29-,30+,31+,32-/m1/s1. The maximum Gasteiger partial charge on any atom is 0.140 e. The van der Waals surface area contributed by atoms with Crippen LogP contribution in [0.2, 0.25) is 0 Å². The van der Waals surface area contributed by atoms with E-state index in [2.05, 4.69) is 33.8 Å². The van der Waals surface area contributed by atoms with Crippen molar-refractivity contribution in [3.05, 3.63) is 23.3 Å². The lowest BCUT2D eigenvalue weighted by molar-refractivity contribution is -0.213. The van der Waals surface area contributed by atoms with Crippen molar-refractivity contribution in [3.63, 3.8) is 0 Å². The van der Waals surface area contributed by atoms with E-state index < -0.39 is 45.6 Å². The van der Waals surface area contributed by atoms with Crippen molar-refractivity contribution in [1.29, 1.82) is 0 Å². The number of hydrogen-bond acceptors (Lipinski definition) is 7. The van der Waals surface area contributed by atoms with E-state index in [9.17, 15) is 30.3 Å². The van der Waals surface area contributed by atoms with Crippen molar-refractivity contribution in [1.82, 2.24) is 0 Å². The van der Waals surface area contributed by atoms with Crippen LogP contribution in [-0.2, 0) is 9.53 Å². The molecule has 220 valence electrons. The van der Waals surface area contributed by atoms with E-state index in [0.29, 0.717) is 44.1 Å². The molecule has 5 rings (SSSR count). The molecule has 0 amide bonds. The number of rotatable bonds is 4. The number of Topliss-reactive ketones (excluding diaryl/α,β-unsaturated/α-hetero) is 1. The van der Waals surface area contributed by atoms with Crippen LogP contribution in [0.15, 0.2) is 23.3 Å². The molecule has 4 aliphatic carbocycles. The summed E-state index contributed by atoms with van der Waals surface area (Å²) in [5.74, 6) is -0.0544. The average molecular weight is 547 g/mol. The highest BCUT2D eigenvalue weighted by atomic mass is 16.5. The van der Waals surface area contributed by atoms with Gasteiger partial charge in [-0.15, -0.1) is 0 Å². The van der Waals surface area contributed by atoms with Crippen molar-refractivity contribution >= 4 is 5.78 Å². The van der Waals surface area contributed by atoms with E-state index in [4.69, 9.17) is 4.74 Å². The van der Waals surface area contributed by atoms with E-state index >= 15 is 0 Å². The average Bonchev–Trinajstić information content (AvgIpc) is 3.08. The third-order valence-electron chi connectivity index (χ3n) is 13.0. The zero-order valence-electron chi connectivity index (χ0n) is 24.8. The van der Waals surface area contributed by atoms with Gasteiger partial charge in [-0.3, -0.25) is 4.79 Å². The van der Waals surface area contributed by atoms with Gasteiger partial charge in [0.1, 0.15) is 5.78 Å². The van der Waals surface area contributed by atoms with Gasteiger partial charge >= 0.3 is 0 Å². The van der Waals surface area contributed by atoms with E-state index in [1.807, 2.05) is 20.8 Å². The molecule has 1 saturated heterocycles. The number of hydrogen-bond donors (Lipinski definition) is 5. The first kappa shape index (κ1) is 29.4. The van der Waals surface area contributed by atoms with Crippen molar-refractivity contribution < 1.29 is 35.1 Å². The van der Waals surface area contributed by atoms with Gasteiger partial charge in [0, 0.05) is 35.0 Å². The zero-order chi connectivity index (χ0) is 29.0. The molecule has 5 aliphatic rings. The Balaban J connectivity index is 1.63. The Labute approximate surface area is 233 Å². The maximum absolute atomic E-state index is 14.7. The minimum Gasteiger partial charge on any atom is -0.392 e. The Morgan fingerprint density at radius 1 is 1.03 bits per heavy atom. The summed E-state index contributed by atoms with van der Waals surface area (Å²) in [5, 5.41) is 53.3. The van der Waals surface area contributed by atoms with E-state index in [1.165, 1.54) is 0 Å². The number of aliphatic hydroxyl groups is 5. The summed E-state index contributed by atoms with van der Waals surface area (Å²) < 4.78 is 6.61. The summed E-state index contributed by atoms with van der Waals surface area (Å²) in [6.45, 7) is 14.0. The molecule has 0 aromatic rings. The number of carbonyl (C=O) groups excluding carboxylic acids is 1. The zero-order valence-corrected chi connectivity index (χ0v) is 24.8. The number of ketones is 1. The minimum absolute atomic E-state index is 0.0115. The molecule has 0 aromatic heterocycles. The number of aliphatic hydroxyl groups excluding tert-OH is 4. The largest absolute Gasteiger partial charge is 0.392 e. The van der Waals surface area contributed by atoms with Gasteiger partial charge in [0.2, 0.25) is 0 Å². The molecule has 3 saturated carbocycles. The molecule has 0 spiro atoms. The van der Waals surface area contributed by atoms with Crippen LogP contribution in [-0.4, -0.2) is 74.5 Å². The monoisotopic (exact) mass is 546 g/mol. The van der Waals surface area contributed by atoms with Crippen molar-refractivity contribution in [2.75, 3.05) is 13.2 Å². The van der Waals surface area contributed by atoms with Crippen LogP contribution >= 0.6 is 0 Å². The van der Waals surface area contributed by atoms with Crippen molar-refractivity contribution in [2.45, 2.75) is 117 Å². The Morgan fingerprint density at radius 2 is 1.67 bits per heavy atom. The smallest absolute Gasteiger partial charge is 0.140 e.